The van der Waals surface area contributed by atoms with Crippen LogP contribution in [0.1, 0.15) is 22.3 Å². The van der Waals surface area contributed by atoms with Crippen molar-refractivity contribution in [3.05, 3.63) is 94.9 Å². The molecule has 3 aromatic carbocycles. The van der Waals surface area contributed by atoms with Crippen molar-refractivity contribution in [1.82, 2.24) is 4.90 Å². The van der Waals surface area contributed by atoms with E-state index in [1.807, 2.05) is 54.6 Å². The van der Waals surface area contributed by atoms with Crippen molar-refractivity contribution in [3.8, 4) is 16.9 Å². The third-order valence-electron chi connectivity index (χ3n) is 5.25. The number of alkyl halides is 1. The van der Waals surface area contributed by atoms with Crippen molar-refractivity contribution in [1.29, 1.82) is 0 Å². The van der Waals surface area contributed by atoms with Crippen molar-refractivity contribution < 1.29 is 19.1 Å². The molecule has 172 valence electrons. The lowest BCUT2D eigenvalue weighted by molar-refractivity contribution is -0.122. The highest BCUT2D eigenvalue weighted by atomic mass is 79.9. The second kappa shape index (κ2) is 11.3. The Kier molecular flexibility index (Phi) is 7.98. The minimum absolute atomic E-state index is 0.0729. The van der Waals surface area contributed by atoms with Gasteiger partial charge in [-0.05, 0) is 53.1 Å². The molecule has 0 spiro atoms. The van der Waals surface area contributed by atoms with Crippen molar-refractivity contribution in [3.63, 3.8) is 0 Å². The maximum absolute atomic E-state index is 12.5. The highest BCUT2D eigenvalue weighted by molar-refractivity contribution is 9.09. The normalized spacial score (nSPS) is 14.6. The number of amides is 2. The fraction of sp³-hybridized carbons (Fsp3) is 0.148. The molecule has 0 atom stereocenters. The summed E-state index contributed by atoms with van der Waals surface area (Å²) >= 11 is 4.26. The van der Waals surface area contributed by atoms with E-state index >= 15 is 0 Å². The zero-order valence-electron chi connectivity index (χ0n) is 18.3. The zero-order chi connectivity index (χ0) is 23.9. The Hall–Kier alpha value is -3.16. The van der Waals surface area contributed by atoms with Crippen LogP contribution >= 0.6 is 27.7 Å². The molecule has 1 heterocycles. The summed E-state index contributed by atoms with van der Waals surface area (Å²) in [7, 11) is 0. The molecule has 0 aromatic heterocycles. The number of benzene rings is 3. The van der Waals surface area contributed by atoms with Gasteiger partial charge in [0, 0.05) is 17.4 Å². The van der Waals surface area contributed by atoms with E-state index in [1.165, 1.54) is 4.90 Å². The molecule has 7 heteroatoms. The number of halogens is 1. The van der Waals surface area contributed by atoms with Gasteiger partial charge in [-0.2, -0.15) is 0 Å². The Balaban J connectivity index is 1.33. The average molecular weight is 536 g/mol. The molecular formula is C27H22BrNO4S. The fourth-order valence-corrected chi connectivity index (χ4v) is 4.55. The summed E-state index contributed by atoms with van der Waals surface area (Å²) in [4.78, 5) is 38.7. The van der Waals surface area contributed by atoms with Crippen LogP contribution in [0.2, 0.25) is 0 Å². The first kappa shape index (κ1) is 24.0. The van der Waals surface area contributed by atoms with Gasteiger partial charge in [-0.15, -0.1) is 0 Å². The van der Waals surface area contributed by atoms with Gasteiger partial charge in [0.05, 0.1) is 4.91 Å². The van der Waals surface area contributed by atoms with Gasteiger partial charge in [0.2, 0.25) is 0 Å². The van der Waals surface area contributed by atoms with Gasteiger partial charge in [0.25, 0.3) is 11.1 Å². The first-order valence-electron chi connectivity index (χ1n) is 10.8. The predicted molar refractivity (Wildman–Crippen MR) is 139 cm³/mol. The van der Waals surface area contributed by atoms with Gasteiger partial charge >= 0.3 is 0 Å². The summed E-state index contributed by atoms with van der Waals surface area (Å²) in [6.45, 7) is 0.333. The van der Waals surface area contributed by atoms with Gasteiger partial charge < -0.3 is 4.74 Å². The number of carbonyl (C=O) groups excluding carboxylic acids is 3. The van der Waals surface area contributed by atoms with Gasteiger partial charge in [-0.1, -0.05) is 82.7 Å². The summed E-state index contributed by atoms with van der Waals surface area (Å²) in [5, 5.41) is 0.490. The van der Waals surface area contributed by atoms with Crippen LogP contribution in [0.25, 0.3) is 17.2 Å². The predicted octanol–water partition coefficient (Wildman–Crippen LogP) is 6.44. The monoisotopic (exact) mass is 535 g/mol. The molecule has 4 rings (SSSR count). The quantitative estimate of drug-likeness (QED) is 0.179. The first-order valence-corrected chi connectivity index (χ1v) is 12.7. The van der Waals surface area contributed by atoms with Crippen LogP contribution < -0.4 is 4.74 Å². The molecule has 1 aliphatic heterocycles. The number of Topliss-reactive ketones (excluding diaryl/α,β-unsaturated/α-hetero) is 1. The number of hydrogen-bond acceptors (Lipinski definition) is 5. The topological polar surface area (TPSA) is 63.7 Å². The molecule has 0 bridgehead atoms. The molecule has 1 fully saturated rings. The SMILES string of the molecule is O=C(COc1ccc(/C=C2\SC(=O)N(CCCBr)C2=O)cc1)c1ccc(-c2ccccc2)cc1. The van der Waals surface area contributed by atoms with E-state index in [0.29, 0.717) is 29.2 Å². The average Bonchev–Trinajstić information content (AvgIpc) is 3.14. The van der Waals surface area contributed by atoms with Gasteiger partial charge in [0.1, 0.15) is 5.75 Å². The van der Waals surface area contributed by atoms with Crippen LogP contribution in [0.4, 0.5) is 4.79 Å². The number of thioether (sulfide) groups is 1. The molecule has 1 saturated heterocycles. The number of rotatable bonds is 9. The molecular weight excluding hydrogens is 514 g/mol. The molecule has 2 amide bonds. The van der Waals surface area contributed by atoms with Crippen LogP contribution in [0.5, 0.6) is 5.75 Å². The largest absolute Gasteiger partial charge is 0.485 e. The maximum atomic E-state index is 12.5. The number of imide groups is 1. The number of nitrogens with zero attached hydrogens (tertiary/aromatic N) is 1. The standard InChI is InChI=1S/C27H22BrNO4S/c28-15-4-16-29-26(31)25(34-27(29)32)17-19-7-13-23(14-8-19)33-18-24(30)22-11-9-21(10-12-22)20-5-2-1-3-6-20/h1-3,5-14,17H,4,15-16,18H2/b25-17-. The lowest BCUT2D eigenvalue weighted by atomic mass is 10.0. The molecule has 34 heavy (non-hydrogen) atoms. The van der Waals surface area contributed by atoms with E-state index in [9.17, 15) is 14.4 Å². The van der Waals surface area contributed by atoms with E-state index < -0.39 is 0 Å². The first-order chi connectivity index (χ1) is 16.5. The maximum Gasteiger partial charge on any atom is 0.293 e. The smallest absolute Gasteiger partial charge is 0.293 e. The molecule has 0 saturated carbocycles. The molecule has 1 aliphatic rings. The highest BCUT2D eigenvalue weighted by Gasteiger charge is 2.34. The highest BCUT2D eigenvalue weighted by Crippen LogP contribution is 2.32. The van der Waals surface area contributed by atoms with E-state index in [-0.39, 0.29) is 23.5 Å². The second-order valence-corrected chi connectivity index (χ2v) is 9.39. The summed E-state index contributed by atoms with van der Waals surface area (Å²) in [6.07, 6.45) is 2.41. The van der Waals surface area contributed by atoms with Crippen molar-refractivity contribution >= 4 is 50.7 Å². The van der Waals surface area contributed by atoms with Crippen LogP contribution in [0, 0.1) is 0 Å². The van der Waals surface area contributed by atoms with Gasteiger partial charge in [-0.25, -0.2) is 0 Å². The molecule has 5 nitrogen and oxygen atoms in total. The lowest BCUT2D eigenvalue weighted by Crippen LogP contribution is -2.29. The van der Waals surface area contributed by atoms with E-state index in [2.05, 4.69) is 15.9 Å². The lowest BCUT2D eigenvalue weighted by Gasteiger charge is -2.10. The van der Waals surface area contributed by atoms with Crippen molar-refractivity contribution in [2.45, 2.75) is 6.42 Å². The van der Waals surface area contributed by atoms with Crippen molar-refractivity contribution in [2.75, 3.05) is 18.5 Å². The van der Waals surface area contributed by atoms with Gasteiger partial charge in [0.15, 0.2) is 12.4 Å². The zero-order valence-corrected chi connectivity index (χ0v) is 20.7. The third-order valence-corrected chi connectivity index (χ3v) is 6.72. The molecule has 3 aromatic rings. The number of ether oxygens (including phenoxy) is 1. The molecule has 0 aliphatic carbocycles. The summed E-state index contributed by atoms with van der Waals surface area (Å²) in [6, 6.07) is 24.5. The van der Waals surface area contributed by atoms with Gasteiger partial charge in [-0.3, -0.25) is 19.3 Å². The molecule has 0 radical (unpaired) electrons. The van der Waals surface area contributed by atoms with Crippen molar-refractivity contribution in [2.24, 2.45) is 0 Å². The Morgan fingerprint density at radius 1 is 0.912 bits per heavy atom. The van der Waals surface area contributed by atoms with E-state index in [4.69, 9.17) is 4.74 Å². The minimum atomic E-state index is -0.264. The number of carbonyl (C=O) groups is 3. The summed E-state index contributed by atoms with van der Waals surface area (Å²) < 4.78 is 5.65. The second-order valence-electron chi connectivity index (χ2n) is 7.60. The summed E-state index contributed by atoms with van der Waals surface area (Å²) in [5.74, 6) is 0.179. The number of hydrogen-bond donors (Lipinski definition) is 0. The van der Waals surface area contributed by atoms with E-state index in [0.717, 1.165) is 33.8 Å². The Morgan fingerprint density at radius 2 is 1.59 bits per heavy atom. The third kappa shape index (κ3) is 5.85. The summed E-state index contributed by atoms with van der Waals surface area (Å²) in [5.41, 5.74) is 3.52. The molecule has 0 unspecified atom stereocenters. The minimum Gasteiger partial charge on any atom is -0.485 e. The Morgan fingerprint density at radius 3 is 2.26 bits per heavy atom. The Bertz CT molecular complexity index is 1210. The van der Waals surface area contributed by atoms with E-state index in [1.54, 1.807) is 30.3 Å². The fourth-order valence-electron chi connectivity index (χ4n) is 3.43. The van der Waals surface area contributed by atoms with Crippen LogP contribution in [0.15, 0.2) is 83.8 Å². The van der Waals surface area contributed by atoms with Crippen LogP contribution in [-0.2, 0) is 4.79 Å². The van der Waals surface area contributed by atoms with Crippen LogP contribution in [0.3, 0.4) is 0 Å². The Labute approximate surface area is 210 Å². The van der Waals surface area contributed by atoms with Crippen LogP contribution in [-0.4, -0.2) is 40.3 Å². The number of ketones is 1. The molecule has 0 N–H and O–H groups in total.